The van der Waals surface area contributed by atoms with E-state index in [1.54, 1.807) is 0 Å². The van der Waals surface area contributed by atoms with Crippen LogP contribution in [0.3, 0.4) is 0 Å². The van der Waals surface area contributed by atoms with Gasteiger partial charge in [-0.2, -0.15) is 0 Å². The molecule has 6 N–H and O–H groups in total. The van der Waals surface area contributed by atoms with Gasteiger partial charge >= 0.3 is 0 Å². The smallest absolute Gasteiger partial charge is 0.195 e. The Bertz CT molecular complexity index is 845. The summed E-state index contributed by atoms with van der Waals surface area (Å²) in [7, 11) is 0. The van der Waals surface area contributed by atoms with Gasteiger partial charge in [0.2, 0.25) is 0 Å². The molecular formula is C20H26N8. The molecule has 0 radical (unpaired) electrons. The molecule has 2 aromatic rings. The van der Waals surface area contributed by atoms with Gasteiger partial charge in [0, 0.05) is 49.8 Å². The van der Waals surface area contributed by atoms with Crippen molar-refractivity contribution in [3.63, 3.8) is 0 Å². The minimum Gasteiger partial charge on any atom is -0.370 e. The predicted molar refractivity (Wildman–Crippen MR) is 117 cm³/mol. The van der Waals surface area contributed by atoms with E-state index in [9.17, 15) is 0 Å². The molecule has 0 saturated carbocycles. The first kappa shape index (κ1) is 18.0. The van der Waals surface area contributed by atoms with Gasteiger partial charge in [-0.05, 0) is 48.5 Å². The van der Waals surface area contributed by atoms with Crippen molar-refractivity contribution in [2.45, 2.75) is 0 Å². The molecule has 2 aromatic carbocycles. The lowest BCUT2D eigenvalue weighted by molar-refractivity contribution is 0.653. The third-order valence-electron chi connectivity index (χ3n) is 4.92. The number of benzene rings is 2. The zero-order chi connectivity index (χ0) is 19.3. The maximum absolute atomic E-state index is 5.42. The molecular weight excluding hydrogens is 352 g/mol. The average molecular weight is 378 g/mol. The van der Waals surface area contributed by atoms with Crippen LogP contribution in [0, 0.1) is 0 Å². The normalized spacial score (nSPS) is 16.4. The number of anilines is 3. The van der Waals surface area contributed by atoms with E-state index in [4.69, 9.17) is 11.5 Å². The molecule has 1 saturated heterocycles. The highest BCUT2D eigenvalue weighted by Gasteiger charge is 2.17. The molecule has 146 valence electrons. The summed E-state index contributed by atoms with van der Waals surface area (Å²) in [6.45, 7) is 5.65. The molecule has 2 aliphatic rings. The first-order chi connectivity index (χ1) is 13.7. The quantitative estimate of drug-likeness (QED) is 0.472. The second kappa shape index (κ2) is 8.08. The molecule has 8 heteroatoms. The molecule has 0 unspecified atom stereocenters. The number of guanidine groups is 2. The van der Waals surface area contributed by atoms with Gasteiger partial charge in [-0.1, -0.05) is 0 Å². The van der Waals surface area contributed by atoms with Crippen LogP contribution in [0.25, 0.3) is 0 Å². The third kappa shape index (κ3) is 4.28. The maximum atomic E-state index is 5.42. The van der Waals surface area contributed by atoms with E-state index in [1.807, 2.05) is 12.1 Å². The molecule has 8 nitrogen and oxygen atoms in total. The van der Waals surface area contributed by atoms with Crippen molar-refractivity contribution >= 4 is 34.7 Å². The van der Waals surface area contributed by atoms with Crippen molar-refractivity contribution in [1.29, 1.82) is 0 Å². The fourth-order valence-corrected chi connectivity index (χ4v) is 3.48. The minimum absolute atomic E-state index is 0.0788. The number of aliphatic imine (C=N–C) groups is 2. The molecule has 0 spiro atoms. The lowest BCUT2D eigenvalue weighted by Gasteiger charge is -2.37. The monoisotopic (exact) mass is 378 g/mol. The molecule has 0 atom stereocenters. The molecule has 1 fully saturated rings. The second-order valence-corrected chi connectivity index (χ2v) is 6.86. The summed E-state index contributed by atoms with van der Waals surface area (Å²) in [6, 6.07) is 16.6. The molecule has 0 amide bonds. The van der Waals surface area contributed by atoms with Gasteiger partial charge in [0.1, 0.15) is 0 Å². The van der Waals surface area contributed by atoms with Gasteiger partial charge in [-0.25, -0.2) is 4.99 Å². The summed E-state index contributed by atoms with van der Waals surface area (Å²) in [6.07, 6.45) is 0. The van der Waals surface area contributed by atoms with Crippen molar-refractivity contribution in [2.75, 3.05) is 54.4 Å². The Labute approximate surface area is 164 Å². The van der Waals surface area contributed by atoms with Crippen LogP contribution in [0.2, 0.25) is 0 Å². The van der Waals surface area contributed by atoms with E-state index in [0.29, 0.717) is 0 Å². The first-order valence-corrected chi connectivity index (χ1v) is 9.52. The van der Waals surface area contributed by atoms with E-state index in [1.165, 1.54) is 11.4 Å². The summed E-state index contributed by atoms with van der Waals surface area (Å²) in [4.78, 5) is 13.2. The third-order valence-corrected chi connectivity index (χ3v) is 4.92. The van der Waals surface area contributed by atoms with Gasteiger partial charge in [-0.15, -0.1) is 0 Å². The van der Waals surface area contributed by atoms with Gasteiger partial charge in [0.15, 0.2) is 11.9 Å². The second-order valence-electron chi connectivity index (χ2n) is 6.86. The average Bonchev–Trinajstić information content (AvgIpc) is 3.22. The number of nitrogens with one attached hydrogen (secondary N) is 2. The van der Waals surface area contributed by atoms with Crippen LogP contribution < -0.4 is 31.9 Å². The zero-order valence-corrected chi connectivity index (χ0v) is 15.8. The Kier molecular flexibility index (Phi) is 5.18. The van der Waals surface area contributed by atoms with Crippen LogP contribution >= 0.6 is 0 Å². The molecule has 4 rings (SSSR count). The number of nitrogens with two attached hydrogens (primary N) is 2. The van der Waals surface area contributed by atoms with Crippen LogP contribution in [0.4, 0.5) is 22.7 Å². The number of piperazine rings is 1. The van der Waals surface area contributed by atoms with Crippen LogP contribution in [-0.4, -0.2) is 51.2 Å². The van der Waals surface area contributed by atoms with Crippen molar-refractivity contribution in [2.24, 2.45) is 21.5 Å². The molecule has 0 bridgehead atoms. The summed E-state index contributed by atoms with van der Waals surface area (Å²) in [5.41, 5.74) is 15.1. The molecule has 0 aliphatic carbocycles. The number of hydrogen-bond donors (Lipinski definition) is 4. The van der Waals surface area contributed by atoms with Gasteiger partial charge in [-0.3, -0.25) is 4.99 Å². The van der Waals surface area contributed by atoms with Gasteiger partial charge < -0.3 is 31.9 Å². The van der Waals surface area contributed by atoms with Crippen LogP contribution in [0.1, 0.15) is 0 Å². The lowest BCUT2D eigenvalue weighted by Crippen LogP contribution is -2.46. The molecule has 0 aromatic heterocycles. The highest BCUT2D eigenvalue weighted by atomic mass is 15.3. The van der Waals surface area contributed by atoms with Crippen LogP contribution in [0.15, 0.2) is 58.5 Å². The van der Waals surface area contributed by atoms with Crippen molar-refractivity contribution in [1.82, 2.24) is 5.32 Å². The van der Waals surface area contributed by atoms with E-state index in [2.05, 4.69) is 66.8 Å². The highest BCUT2D eigenvalue weighted by molar-refractivity contribution is 5.94. The predicted octanol–water partition coefficient (Wildman–Crippen LogP) is 1.29. The Morgan fingerprint density at radius 3 is 1.96 bits per heavy atom. The molecule has 28 heavy (non-hydrogen) atoms. The summed E-state index contributed by atoms with van der Waals surface area (Å²) < 4.78 is 0. The standard InChI is InChI=1S/C20H26N8/c21-19(22)25-15-1-5-17(6-2-15)27-11-13-28(14-12-27)18-7-3-16(4-8-18)26-20-23-9-10-24-20/h1-8H,9-14H2,(H4,21,22,25)(H2,23,24,26). The summed E-state index contributed by atoms with van der Waals surface area (Å²) in [5.74, 6) is 0.933. The van der Waals surface area contributed by atoms with Crippen molar-refractivity contribution < 1.29 is 0 Å². The minimum atomic E-state index is 0.0788. The van der Waals surface area contributed by atoms with Crippen molar-refractivity contribution in [3.05, 3.63) is 48.5 Å². The Morgan fingerprint density at radius 1 is 0.893 bits per heavy atom. The van der Waals surface area contributed by atoms with Crippen LogP contribution in [0.5, 0.6) is 0 Å². The number of nitrogens with zero attached hydrogens (tertiary/aromatic N) is 4. The highest BCUT2D eigenvalue weighted by Crippen LogP contribution is 2.24. The zero-order valence-electron chi connectivity index (χ0n) is 15.8. The topological polar surface area (TPSA) is 107 Å². The lowest BCUT2D eigenvalue weighted by atomic mass is 10.2. The fraction of sp³-hybridized carbons (Fsp3) is 0.300. The van der Waals surface area contributed by atoms with Gasteiger partial charge in [0.05, 0.1) is 12.2 Å². The van der Waals surface area contributed by atoms with E-state index in [-0.39, 0.29) is 5.96 Å². The SMILES string of the molecule is NC(N)=Nc1ccc(N2CCN(c3ccc(NC4=NCCN4)cc3)CC2)cc1. The van der Waals surface area contributed by atoms with Gasteiger partial charge in [0.25, 0.3) is 0 Å². The maximum Gasteiger partial charge on any atom is 0.195 e. The first-order valence-electron chi connectivity index (χ1n) is 9.52. The Balaban J connectivity index is 1.33. The summed E-state index contributed by atoms with van der Waals surface area (Å²) in [5, 5.41) is 6.52. The van der Waals surface area contributed by atoms with Crippen molar-refractivity contribution in [3.8, 4) is 0 Å². The van der Waals surface area contributed by atoms with Crippen LogP contribution in [-0.2, 0) is 0 Å². The van der Waals surface area contributed by atoms with E-state index < -0.39 is 0 Å². The molecule has 2 aliphatic heterocycles. The number of hydrogen-bond acceptors (Lipinski definition) is 6. The Morgan fingerprint density at radius 2 is 1.46 bits per heavy atom. The fourth-order valence-electron chi connectivity index (χ4n) is 3.48. The molecule has 2 heterocycles. The number of rotatable bonds is 4. The summed E-state index contributed by atoms with van der Waals surface area (Å²) >= 11 is 0. The Hall–Kier alpha value is -3.42. The largest absolute Gasteiger partial charge is 0.370 e. The van der Waals surface area contributed by atoms with E-state index >= 15 is 0 Å². The van der Waals surface area contributed by atoms with E-state index in [0.717, 1.165) is 56.6 Å².